The van der Waals surface area contributed by atoms with Crippen molar-refractivity contribution in [2.75, 3.05) is 12.4 Å². The van der Waals surface area contributed by atoms with Crippen LogP contribution in [0.25, 0.3) is 0 Å². The number of hydrogen-bond acceptors (Lipinski definition) is 2. The number of carbonyl (C=O) groups excluding carboxylic acids is 1. The Balaban J connectivity index is 1.75. The number of hydrogen-bond donors (Lipinski definition) is 2. The van der Waals surface area contributed by atoms with Crippen LogP contribution < -0.4 is 10.6 Å². The molecule has 3 nitrogen and oxygen atoms in total. The summed E-state index contributed by atoms with van der Waals surface area (Å²) in [6, 6.07) is 6.29. The molecule has 21 heavy (non-hydrogen) atoms. The minimum Gasteiger partial charge on any atom is -0.382 e. The maximum atomic E-state index is 11.8. The van der Waals surface area contributed by atoms with Gasteiger partial charge in [0.05, 0.1) is 0 Å². The largest absolute Gasteiger partial charge is 0.382 e. The fourth-order valence-corrected chi connectivity index (χ4v) is 3.81. The molecule has 0 spiro atoms. The third-order valence-corrected chi connectivity index (χ3v) is 5.08. The Hall–Kier alpha value is -1.77. The third-order valence-electron chi connectivity index (χ3n) is 5.08. The van der Waals surface area contributed by atoms with Crippen molar-refractivity contribution in [1.82, 2.24) is 5.32 Å². The van der Waals surface area contributed by atoms with E-state index in [9.17, 15) is 4.79 Å². The zero-order valence-corrected chi connectivity index (χ0v) is 13.0. The molecular weight excluding hydrogens is 260 g/mol. The van der Waals surface area contributed by atoms with Gasteiger partial charge < -0.3 is 10.6 Å². The van der Waals surface area contributed by atoms with Crippen molar-refractivity contribution in [3.63, 3.8) is 0 Å². The zero-order chi connectivity index (χ0) is 15.0. The summed E-state index contributed by atoms with van der Waals surface area (Å²) in [5.41, 5.74) is 2.98. The summed E-state index contributed by atoms with van der Waals surface area (Å²) in [7, 11) is 1.67. The molecule has 2 bridgehead atoms. The van der Waals surface area contributed by atoms with Crippen LogP contribution >= 0.6 is 0 Å². The van der Waals surface area contributed by atoms with E-state index in [1.165, 1.54) is 18.4 Å². The average Bonchev–Trinajstić information content (AvgIpc) is 3.11. The predicted octanol–water partition coefficient (Wildman–Crippen LogP) is 3.37. The molecule has 3 rings (SSSR count). The number of anilines is 1. The summed E-state index contributed by atoms with van der Waals surface area (Å²) in [5, 5.41) is 6.32. The summed E-state index contributed by atoms with van der Waals surface area (Å²) < 4.78 is 0. The highest BCUT2D eigenvalue weighted by Gasteiger charge is 2.38. The first-order valence-corrected chi connectivity index (χ1v) is 7.86. The number of allylic oxidation sites excluding steroid dienone is 2. The lowest BCUT2D eigenvalue weighted by Gasteiger charge is -2.28. The van der Waals surface area contributed by atoms with E-state index in [-0.39, 0.29) is 5.91 Å². The van der Waals surface area contributed by atoms with Crippen molar-refractivity contribution in [3.05, 3.63) is 41.5 Å². The highest BCUT2D eigenvalue weighted by Crippen LogP contribution is 2.45. The number of carbonyl (C=O) groups is 1. The van der Waals surface area contributed by atoms with Gasteiger partial charge in [-0.05, 0) is 62.1 Å². The molecule has 1 aromatic rings. The van der Waals surface area contributed by atoms with Gasteiger partial charge in [0.15, 0.2) is 0 Å². The molecule has 2 aliphatic rings. The minimum atomic E-state index is -0.0337. The van der Waals surface area contributed by atoms with Gasteiger partial charge in [-0.15, -0.1) is 0 Å². The van der Waals surface area contributed by atoms with Gasteiger partial charge in [0.25, 0.3) is 5.91 Å². The average molecular weight is 284 g/mol. The molecule has 1 aromatic carbocycles. The first kappa shape index (κ1) is 14.2. The molecule has 0 aliphatic heterocycles. The Bertz CT molecular complexity index is 579. The highest BCUT2D eigenvalue weighted by molar-refractivity contribution is 5.95. The molecule has 112 valence electrons. The van der Waals surface area contributed by atoms with E-state index in [1.54, 1.807) is 7.05 Å². The summed E-state index contributed by atoms with van der Waals surface area (Å²) in [6.45, 7) is 4.36. The second-order valence-corrected chi connectivity index (χ2v) is 6.49. The summed E-state index contributed by atoms with van der Waals surface area (Å²) in [4.78, 5) is 11.8. The second kappa shape index (κ2) is 5.55. The van der Waals surface area contributed by atoms with Crippen LogP contribution in [-0.4, -0.2) is 19.0 Å². The van der Waals surface area contributed by atoms with Gasteiger partial charge in [-0.2, -0.15) is 0 Å². The van der Waals surface area contributed by atoms with Crippen LogP contribution in [0.2, 0.25) is 0 Å². The molecular formula is C18H24N2O. The molecule has 0 saturated heterocycles. The van der Waals surface area contributed by atoms with Crippen LogP contribution in [0, 0.1) is 24.7 Å². The molecule has 3 heteroatoms. The fraction of sp³-hybridized carbons (Fsp3) is 0.500. The zero-order valence-electron chi connectivity index (χ0n) is 13.0. The summed E-state index contributed by atoms with van der Waals surface area (Å²) in [5.74, 6) is 2.21. The van der Waals surface area contributed by atoms with E-state index in [2.05, 4.69) is 36.6 Å². The lowest BCUT2D eigenvalue weighted by Crippen LogP contribution is -2.29. The van der Waals surface area contributed by atoms with Gasteiger partial charge in [-0.3, -0.25) is 4.79 Å². The van der Waals surface area contributed by atoms with E-state index in [0.717, 1.165) is 17.5 Å². The quantitative estimate of drug-likeness (QED) is 0.832. The fourth-order valence-electron chi connectivity index (χ4n) is 3.81. The smallest absolute Gasteiger partial charge is 0.251 e. The van der Waals surface area contributed by atoms with Gasteiger partial charge in [0.1, 0.15) is 0 Å². The number of aryl methyl sites for hydroxylation is 1. The van der Waals surface area contributed by atoms with Crippen LogP contribution in [0.4, 0.5) is 5.69 Å². The van der Waals surface area contributed by atoms with E-state index >= 15 is 0 Å². The molecule has 4 atom stereocenters. The number of amides is 1. The van der Waals surface area contributed by atoms with Crippen LogP contribution in [-0.2, 0) is 0 Å². The molecule has 2 aliphatic carbocycles. The second-order valence-electron chi connectivity index (χ2n) is 6.49. The predicted molar refractivity (Wildman–Crippen MR) is 86.5 cm³/mol. The van der Waals surface area contributed by atoms with Crippen molar-refractivity contribution in [2.24, 2.45) is 17.8 Å². The Morgan fingerprint density at radius 2 is 2.10 bits per heavy atom. The monoisotopic (exact) mass is 284 g/mol. The number of benzene rings is 1. The topological polar surface area (TPSA) is 41.1 Å². The third kappa shape index (κ3) is 2.69. The standard InChI is InChI=1S/C18H24N2O/c1-11-4-6-15(18(21)19-3)10-17(11)20-12(2)16-9-13-5-7-14(16)8-13/h4-7,10,12-14,16,20H,8-9H2,1-3H3,(H,19,21). The molecule has 0 aromatic heterocycles. The summed E-state index contributed by atoms with van der Waals surface area (Å²) in [6.07, 6.45) is 7.40. The molecule has 4 unspecified atom stereocenters. The Labute approximate surface area is 126 Å². The van der Waals surface area contributed by atoms with Crippen molar-refractivity contribution in [3.8, 4) is 0 Å². The van der Waals surface area contributed by atoms with E-state index in [4.69, 9.17) is 0 Å². The summed E-state index contributed by atoms with van der Waals surface area (Å²) >= 11 is 0. The van der Waals surface area contributed by atoms with Gasteiger partial charge >= 0.3 is 0 Å². The normalized spacial score (nSPS) is 27.7. The van der Waals surface area contributed by atoms with Gasteiger partial charge in [-0.25, -0.2) is 0 Å². The highest BCUT2D eigenvalue weighted by atomic mass is 16.1. The Kier molecular flexibility index (Phi) is 3.75. The molecule has 0 heterocycles. The van der Waals surface area contributed by atoms with Crippen LogP contribution in [0.5, 0.6) is 0 Å². The maximum absolute atomic E-state index is 11.8. The molecule has 0 radical (unpaired) electrons. The number of fused-ring (bicyclic) bond motifs is 2. The SMILES string of the molecule is CNC(=O)c1ccc(C)c(NC(C)C2CC3C=CC2C3)c1. The minimum absolute atomic E-state index is 0.0337. The van der Waals surface area contributed by atoms with Gasteiger partial charge in [0, 0.05) is 24.3 Å². The van der Waals surface area contributed by atoms with Crippen LogP contribution in [0.15, 0.2) is 30.4 Å². The van der Waals surface area contributed by atoms with Crippen molar-refractivity contribution >= 4 is 11.6 Å². The van der Waals surface area contributed by atoms with Gasteiger partial charge in [0.2, 0.25) is 0 Å². The molecule has 1 amide bonds. The van der Waals surface area contributed by atoms with E-state index in [1.807, 2.05) is 18.2 Å². The first-order chi connectivity index (χ1) is 10.1. The van der Waals surface area contributed by atoms with Crippen LogP contribution in [0.3, 0.4) is 0 Å². The lowest BCUT2D eigenvalue weighted by molar-refractivity contribution is 0.0963. The molecule has 1 saturated carbocycles. The Morgan fingerprint density at radius 1 is 1.29 bits per heavy atom. The van der Waals surface area contributed by atoms with Crippen molar-refractivity contribution in [2.45, 2.75) is 32.7 Å². The van der Waals surface area contributed by atoms with Gasteiger partial charge in [-0.1, -0.05) is 18.2 Å². The maximum Gasteiger partial charge on any atom is 0.251 e. The number of rotatable bonds is 4. The molecule has 2 N–H and O–H groups in total. The van der Waals surface area contributed by atoms with Crippen molar-refractivity contribution in [1.29, 1.82) is 0 Å². The lowest BCUT2D eigenvalue weighted by atomic mass is 9.87. The Morgan fingerprint density at radius 3 is 2.71 bits per heavy atom. The first-order valence-electron chi connectivity index (χ1n) is 7.86. The van der Waals surface area contributed by atoms with Crippen molar-refractivity contribution < 1.29 is 4.79 Å². The molecule has 1 fully saturated rings. The number of nitrogens with one attached hydrogen (secondary N) is 2. The van der Waals surface area contributed by atoms with E-state index in [0.29, 0.717) is 17.5 Å². The van der Waals surface area contributed by atoms with Crippen LogP contribution in [0.1, 0.15) is 35.7 Å². The van der Waals surface area contributed by atoms with E-state index < -0.39 is 0 Å².